The molecule has 12 heteroatoms. The number of alkyl halides is 3. The highest BCUT2D eigenvalue weighted by atomic mass is 19.4. The Balaban J connectivity index is 1.46. The number of aromatic nitrogens is 5. The van der Waals surface area contributed by atoms with Gasteiger partial charge in [0, 0.05) is 6.20 Å². The third-order valence-corrected chi connectivity index (χ3v) is 8.29. The third-order valence-electron chi connectivity index (χ3n) is 8.29. The summed E-state index contributed by atoms with van der Waals surface area (Å²) in [5, 5.41) is 18.3. The zero-order valence-corrected chi connectivity index (χ0v) is 21.0. The summed E-state index contributed by atoms with van der Waals surface area (Å²) in [4.78, 5) is 12.9. The van der Waals surface area contributed by atoms with E-state index in [-0.39, 0.29) is 34.5 Å². The zero-order valence-electron chi connectivity index (χ0n) is 21.0. The highest BCUT2D eigenvalue weighted by molar-refractivity contribution is 5.64. The first-order valence-electron chi connectivity index (χ1n) is 12.2. The summed E-state index contributed by atoms with van der Waals surface area (Å²) in [7, 11) is 0. The van der Waals surface area contributed by atoms with Crippen molar-refractivity contribution in [1.29, 1.82) is 0 Å². The van der Waals surface area contributed by atoms with Crippen LogP contribution in [-0.4, -0.2) is 36.4 Å². The zero-order chi connectivity index (χ0) is 27.9. The molecule has 2 bridgehead atoms. The lowest BCUT2D eigenvalue weighted by atomic mass is 9.66. The number of hydrogen-bond donors (Lipinski definition) is 1. The minimum absolute atomic E-state index is 0.0143. The molecular formula is C27H22F5N5O2. The van der Waals surface area contributed by atoms with Crippen LogP contribution in [0, 0.1) is 24.0 Å². The number of nitrogens with zero attached hydrogens (tertiary/aromatic N) is 5. The molecule has 3 atom stereocenters. The molecule has 2 aliphatic carbocycles. The van der Waals surface area contributed by atoms with E-state index >= 15 is 0 Å². The maximum Gasteiger partial charge on any atom is 0.420 e. The standard InChI is InChI=1S/C27H22F5N5O2/c1-12-21(23(38)27(30,31)32)35-24(39-12)18-10-33-11-19(34-18)26-8-7-14(25(26,2)3)13-9-17(36-37-22(13)26)20-15(28)5-4-6-16(20)29/h4-6,9-11,14,23,38H,7-8H2,1-3H3/t14-,23?,26+/m0/s1. The second-order valence-corrected chi connectivity index (χ2v) is 10.5. The Bertz CT molecular complexity index is 1600. The van der Waals surface area contributed by atoms with Gasteiger partial charge in [-0.25, -0.2) is 18.7 Å². The second-order valence-electron chi connectivity index (χ2n) is 10.5. The minimum atomic E-state index is -4.91. The SMILES string of the molecule is Cc1oc(-c2cncc([C@]34CC[C@@H](c5cc(-c6c(F)cccc6F)nnc53)C4(C)C)n2)nc1C(O)C(F)(F)F. The van der Waals surface area contributed by atoms with Gasteiger partial charge >= 0.3 is 6.18 Å². The van der Waals surface area contributed by atoms with E-state index in [0.717, 1.165) is 24.1 Å². The molecule has 39 heavy (non-hydrogen) atoms. The monoisotopic (exact) mass is 543 g/mol. The van der Waals surface area contributed by atoms with Crippen molar-refractivity contribution in [3.8, 4) is 22.8 Å². The summed E-state index contributed by atoms with van der Waals surface area (Å²) in [5.41, 5.74) is -0.00112. The van der Waals surface area contributed by atoms with Gasteiger partial charge in [-0.1, -0.05) is 19.9 Å². The molecule has 0 saturated heterocycles. The molecule has 6 rings (SSSR count). The Hall–Kier alpha value is -3.80. The molecule has 4 aromatic rings. The first-order chi connectivity index (χ1) is 18.4. The molecule has 0 spiro atoms. The molecule has 1 fully saturated rings. The van der Waals surface area contributed by atoms with Gasteiger partial charge in [0.15, 0.2) is 6.10 Å². The van der Waals surface area contributed by atoms with Gasteiger partial charge in [-0.3, -0.25) is 4.98 Å². The summed E-state index contributed by atoms with van der Waals surface area (Å²) in [5.74, 6) is -1.89. The van der Waals surface area contributed by atoms with Gasteiger partial charge < -0.3 is 9.52 Å². The lowest BCUT2D eigenvalue weighted by Gasteiger charge is -2.37. The topological polar surface area (TPSA) is 97.8 Å². The molecule has 202 valence electrons. The van der Waals surface area contributed by atoms with Crippen LogP contribution in [0.5, 0.6) is 0 Å². The molecule has 0 amide bonds. The Morgan fingerprint density at radius 1 is 1.05 bits per heavy atom. The molecule has 0 aliphatic heterocycles. The van der Waals surface area contributed by atoms with Crippen molar-refractivity contribution in [2.24, 2.45) is 5.41 Å². The first kappa shape index (κ1) is 25.5. The van der Waals surface area contributed by atoms with Crippen LogP contribution >= 0.6 is 0 Å². The molecule has 1 saturated carbocycles. The molecule has 3 aromatic heterocycles. The number of oxazole rings is 1. The second kappa shape index (κ2) is 8.35. The lowest BCUT2D eigenvalue weighted by molar-refractivity contribution is -0.208. The van der Waals surface area contributed by atoms with Crippen molar-refractivity contribution in [2.75, 3.05) is 0 Å². The fourth-order valence-corrected chi connectivity index (χ4v) is 6.36. The van der Waals surface area contributed by atoms with Crippen LogP contribution in [0.2, 0.25) is 0 Å². The van der Waals surface area contributed by atoms with Crippen LogP contribution in [-0.2, 0) is 5.41 Å². The highest BCUT2D eigenvalue weighted by Crippen LogP contribution is 2.69. The number of fused-ring (bicyclic) bond motifs is 5. The molecule has 0 radical (unpaired) electrons. The smallest absolute Gasteiger partial charge is 0.420 e. The van der Waals surface area contributed by atoms with Crippen LogP contribution in [0.25, 0.3) is 22.8 Å². The fraction of sp³-hybridized carbons (Fsp3) is 0.370. The summed E-state index contributed by atoms with van der Waals surface area (Å²) in [6, 6.07) is 5.28. The Morgan fingerprint density at radius 3 is 2.46 bits per heavy atom. The van der Waals surface area contributed by atoms with Crippen molar-refractivity contribution in [2.45, 2.75) is 57.2 Å². The average Bonchev–Trinajstić information content (AvgIpc) is 3.46. The van der Waals surface area contributed by atoms with Crippen LogP contribution in [0.4, 0.5) is 22.0 Å². The third kappa shape index (κ3) is 3.53. The molecule has 7 nitrogen and oxygen atoms in total. The molecule has 1 unspecified atom stereocenters. The first-order valence-corrected chi connectivity index (χ1v) is 12.2. The number of halogens is 5. The van der Waals surface area contributed by atoms with Gasteiger partial charge in [-0.05, 0) is 54.9 Å². The Kier molecular flexibility index (Phi) is 5.45. The van der Waals surface area contributed by atoms with E-state index in [9.17, 15) is 27.1 Å². The lowest BCUT2D eigenvalue weighted by Crippen LogP contribution is -2.38. The number of hydrogen-bond acceptors (Lipinski definition) is 7. The van der Waals surface area contributed by atoms with E-state index in [1.54, 1.807) is 12.3 Å². The van der Waals surface area contributed by atoms with Gasteiger partial charge in [0.1, 0.15) is 28.8 Å². The normalized spacial score (nSPS) is 22.2. The van der Waals surface area contributed by atoms with E-state index in [4.69, 9.17) is 9.40 Å². The van der Waals surface area contributed by atoms with Crippen molar-refractivity contribution in [3.05, 3.63) is 76.7 Å². The van der Waals surface area contributed by atoms with Crippen molar-refractivity contribution < 1.29 is 31.5 Å². The largest absolute Gasteiger partial charge is 0.440 e. The number of aliphatic hydroxyl groups excluding tert-OH is 1. The maximum atomic E-state index is 14.5. The predicted octanol–water partition coefficient (Wildman–Crippen LogP) is 5.97. The fourth-order valence-electron chi connectivity index (χ4n) is 6.36. The maximum absolute atomic E-state index is 14.5. The van der Waals surface area contributed by atoms with Gasteiger partial charge in [0.25, 0.3) is 0 Å². The number of aryl methyl sites for hydroxylation is 1. The van der Waals surface area contributed by atoms with Crippen LogP contribution in [0.1, 0.15) is 67.1 Å². The van der Waals surface area contributed by atoms with Crippen molar-refractivity contribution in [3.63, 3.8) is 0 Å². The molecule has 1 N–H and O–H groups in total. The quantitative estimate of drug-likeness (QED) is 0.317. The van der Waals surface area contributed by atoms with E-state index < -0.39 is 40.4 Å². The van der Waals surface area contributed by atoms with Gasteiger partial charge in [-0.2, -0.15) is 18.3 Å². The Labute approximate surface area is 219 Å². The molecular weight excluding hydrogens is 521 g/mol. The van der Waals surface area contributed by atoms with Crippen molar-refractivity contribution >= 4 is 0 Å². The van der Waals surface area contributed by atoms with Crippen LogP contribution in [0.15, 0.2) is 41.1 Å². The van der Waals surface area contributed by atoms with Gasteiger partial charge in [-0.15, -0.1) is 5.10 Å². The summed E-state index contributed by atoms with van der Waals surface area (Å²) in [6.07, 6.45) is -3.44. The summed E-state index contributed by atoms with van der Waals surface area (Å²) in [6.45, 7) is 5.38. The van der Waals surface area contributed by atoms with Crippen LogP contribution in [0.3, 0.4) is 0 Å². The molecule has 3 heterocycles. The molecule has 1 aromatic carbocycles. The number of rotatable bonds is 4. The van der Waals surface area contributed by atoms with Gasteiger partial charge in [0.2, 0.25) is 5.89 Å². The van der Waals surface area contributed by atoms with Crippen LogP contribution < -0.4 is 0 Å². The van der Waals surface area contributed by atoms with E-state index in [0.29, 0.717) is 17.8 Å². The summed E-state index contributed by atoms with van der Waals surface area (Å²) >= 11 is 0. The number of aliphatic hydroxyl groups is 1. The summed E-state index contributed by atoms with van der Waals surface area (Å²) < 4.78 is 73.7. The average molecular weight is 543 g/mol. The predicted molar refractivity (Wildman–Crippen MR) is 127 cm³/mol. The number of benzene rings is 1. The van der Waals surface area contributed by atoms with E-state index in [1.807, 2.05) is 0 Å². The van der Waals surface area contributed by atoms with Crippen molar-refractivity contribution in [1.82, 2.24) is 25.1 Å². The Morgan fingerprint density at radius 2 is 1.77 bits per heavy atom. The van der Waals surface area contributed by atoms with E-state index in [1.165, 1.54) is 19.2 Å². The van der Waals surface area contributed by atoms with E-state index in [2.05, 4.69) is 34.0 Å². The minimum Gasteiger partial charge on any atom is -0.440 e. The molecule has 2 aliphatic rings. The highest BCUT2D eigenvalue weighted by Gasteiger charge is 2.65. The van der Waals surface area contributed by atoms with Gasteiger partial charge in [0.05, 0.1) is 34.3 Å².